The molecule has 0 saturated heterocycles. The van der Waals surface area contributed by atoms with Crippen LogP contribution in [0.5, 0.6) is 0 Å². The Balaban J connectivity index is 2.19. The van der Waals surface area contributed by atoms with Crippen LogP contribution in [0, 0.1) is 0 Å². The van der Waals surface area contributed by atoms with Crippen LogP contribution in [-0.2, 0) is 28.1 Å². The fourth-order valence-electron chi connectivity index (χ4n) is 6.38. The van der Waals surface area contributed by atoms with Gasteiger partial charge >= 0.3 is 0 Å². The first kappa shape index (κ1) is 31.2. The summed E-state index contributed by atoms with van der Waals surface area (Å²) in [5, 5.41) is 0. The first-order valence-corrected chi connectivity index (χ1v) is 15.4. The van der Waals surface area contributed by atoms with E-state index in [1.165, 1.54) is 59.1 Å². The van der Waals surface area contributed by atoms with E-state index in [4.69, 9.17) is 0 Å². The van der Waals surface area contributed by atoms with E-state index in [1.54, 1.807) is 0 Å². The molecule has 0 spiro atoms. The molecule has 3 rings (SSSR count). The van der Waals surface area contributed by atoms with E-state index >= 15 is 0 Å². The maximum absolute atomic E-state index is 2.46. The predicted octanol–water partition coefficient (Wildman–Crippen LogP) is 11.4. The number of hydrogen-bond donors (Lipinski definition) is 0. The summed E-state index contributed by atoms with van der Waals surface area (Å²) < 4.78 is 0. The molecule has 0 saturated carbocycles. The molecule has 1 unspecified atom stereocenters. The lowest BCUT2D eigenvalue weighted by Crippen LogP contribution is -2.35. The summed E-state index contributed by atoms with van der Waals surface area (Å²) in [5.41, 5.74) is 9.23. The monoisotopic (exact) mass is 524 g/mol. The van der Waals surface area contributed by atoms with Gasteiger partial charge in [-0.2, -0.15) is 0 Å². The molecule has 0 aliphatic heterocycles. The minimum atomic E-state index is 0.0891. The molecule has 0 amide bonds. The topological polar surface area (TPSA) is 0 Å². The summed E-state index contributed by atoms with van der Waals surface area (Å²) in [7, 11) is 0. The van der Waals surface area contributed by atoms with Gasteiger partial charge in [-0.3, -0.25) is 0 Å². The maximum atomic E-state index is 2.46. The van der Waals surface area contributed by atoms with Crippen molar-refractivity contribution in [1.82, 2.24) is 0 Å². The molecule has 0 aliphatic rings. The molecule has 0 heterocycles. The van der Waals surface area contributed by atoms with Gasteiger partial charge in [0.15, 0.2) is 0 Å². The van der Waals surface area contributed by atoms with Gasteiger partial charge in [0, 0.05) is 5.41 Å². The van der Waals surface area contributed by atoms with E-state index in [1.807, 2.05) is 0 Å². The van der Waals surface area contributed by atoms with E-state index in [-0.39, 0.29) is 21.7 Å². The lowest BCUT2D eigenvalue weighted by molar-refractivity contribution is 0.285. The molecule has 0 bridgehead atoms. The second-order valence-electron chi connectivity index (χ2n) is 15.1. The van der Waals surface area contributed by atoms with Gasteiger partial charge in [0.05, 0.1) is 0 Å². The van der Waals surface area contributed by atoms with Gasteiger partial charge < -0.3 is 0 Å². The van der Waals surface area contributed by atoms with Gasteiger partial charge in [-0.25, -0.2) is 0 Å². The third kappa shape index (κ3) is 7.45. The fourth-order valence-corrected chi connectivity index (χ4v) is 6.38. The van der Waals surface area contributed by atoms with Crippen LogP contribution in [0.15, 0.2) is 72.8 Å². The number of benzene rings is 3. The van der Waals surface area contributed by atoms with Crippen molar-refractivity contribution in [2.24, 2.45) is 0 Å². The highest BCUT2D eigenvalue weighted by Crippen LogP contribution is 2.49. The van der Waals surface area contributed by atoms with Gasteiger partial charge in [-0.15, -0.1) is 0 Å². The van der Waals surface area contributed by atoms with Gasteiger partial charge in [0.2, 0.25) is 0 Å². The Hall–Kier alpha value is -2.34. The molecule has 0 aromatic heterocycles. The summed E-state index contributed by atoms with van der Waals surface area (Å²) in [5.74, 6) is 0.410. The molecule has 212 valence electrons. The smallest absolute Gasteiger partial charge is 0.00246 e. The van der Waals surface area contributed by atoms with E-state index in [2.05, 4.69) is 149 Å². The van der Waals surface area contributed by atoms with Crippen LogP contribution in [0.3, 0.4) is 0 Å². The molecule has 0 heteroatoms. The van der Waals surface area contributed by atoms with Crippen molar-refractivity contribution in [1.29, 1.82) is 0 Å². The van der Waals surface area contributed by atoms with E-state index < -0.39 is 0 Å². The normalized spacial score (nSPS) is 13.9. The minimum Gasteiger partial charge on any atom is -0.0654 e. The largest absolute Gasteiger partial charge is 0.0654 e. The Bertz CT molecular complexity index is 1150. The summed E-state index contributed by atoms with van der Waals surface area (Å²) in [6.45, 7) is 25.5. The number of hydrogen-bond acceptors (Lipinski definition) is 0. The van der Waals surface area contributed by atoms with E-state index in [9.17, 15) is 0 Å². The molecule has 1 atom stereocenters. The van der Waals surface area contributed by atoms with Crippen LogP contribution >= 0.6 is 0 Å². The molecular weight excluding hydrogens is 468 g/mol. The molecule has 0 fully saturated rings. The van der Waals surface area contributed by atoms with Crippen LogP contribution < -0.4 is 0 Å². The van der Waals surface area contributed by atoms with Crippen molar-refractivity contribution in [3.05, 3.63) is 106 Å². The lowest BCUT2D eigenvalue weighted by Gasteiger charge is -2.43. The van der Waals surface area contributed by atoms with Crippen molar-refractivity contribution >= 4 is 0 Å². The summed E-state index contributed by atoms with van der Waals surface area (Å²) >= 11 is 0. The van der Waals surface area contributed by atoms with Crippen LogP contribution in [0.25, 0.3) is 0 Å². The Morgan fingerprint density at radius 1 is 0.462 bits per heavy atom. The van der Waals surface area contributed by atoms with Crippen LogP contribution in [-0.4, -0.2) is 0 Å². The molecule has 0 N–H and O–H groups in total. The highest BCUT2D eigenvalue weighted by atomic mass is 14.4. The zero-order chi connectivity index (χ0) is 29.1. The van der Waals surface area contributed by atoms with Crippen LogP contribution in [0.2, 0.25) is 0 Å². The average Bonchev–Trinajstić information content (AvgIpc) is 2.86. The average molecular weight is 525 g/mol. The van der Waals surface area contributed by atoms with Gasteiger partial charge in [-0.05, 0) is 74.8 Å². The molecule has 0 aliphatic carbocycles. The summed E-state index contributed by atoms with van der Waals surface area (Å²) in [6.07, 6.45) is 5.81. The fraction of sp³-hybridized carbons (Fsp3) is 0.538. The molecule has 0 nitrogen and oxygen atoms in total. The van der Waals surface area contributed by atoms with Crippen molar-refractivity contribution in [3.8, 4) is 0 Å². The second kappa shape index (κ2) is 12.0. The van der Waals surface area contributed by atoms with Gasteiger partial charge in [0.1, 0.15) is 0 Å². The van der Waals surface area contributed by atoms with Crippen molar-refractivity contribution in [2.45, 2.75) is 136 Å². The Kier molecular flexibility index (Phi) is 9.63. The predicted molar refractivity (Wildman–Crippen MR) is 173 cm³/mol. The third-order valence-electron chi connectivity index (χ3n) is 8.82. The standard InChI is InChI=1S/C39H56/c1-12-26-39(27-13-2,34-24-22-33(23-25-34)38(9,10)11)35(30-16-20-32(21-17-30)37(6,7)8)28-29-14-18-31(19-15-29)36(3,4)5/h14-25,35H,12-13,26-28H2,1-11H3. The van der Waals surface area contributed by atoms with Crippen LogP contribution in [0.1, 0.15) is 141 Å². The van der Waals surface area contributed by atoms with E-state index in [0.717, 1.165) is 6.42 Å². The van der Waals surface area contributed by atoms with E-state index in [0.29, 0.717) is 5.92 Å². The quantitative estimate of drug-likeness (QED) is 0.261. The summed E-state index contributed by atoms with van der Waals surface area (Å²) in [6, 6.07) is 28.9. The minimum absolute atomic E-state index is 0.0891. The molecule has 3 aromatic carbocycles. The van der Waals surface area contributed by atoms with Gasteiger partial charge in [-0.1, -0.05) is 162 Å². The highest BCUT2D eigenvalue weighted by Gasteiger charge is 2.40. The lowest BCUT2D eigenvalue weighted by atomic mass is 9.61. The first-order chi connectivity index (χ1) is 18.1. The SMILES string of the molecule is CCCC(CCC)(c1ccc(C(C)(C)C)cc1)C(Cc1ccc(C(C)(C)C)cc1)c1ccc(C(C)(C)C)cc1. The highest BCUT2D eigenvalue weighted by molar-refractivity contribution is 5.40. The van der Waals surface area contributed by atoms with Gasteiger partial charge in [0.25, 0.3) is 0 Å². The molecule has 3 aromatic rings. The molecule has 0 radical (unpaired) electrons. The Labute approximate surface area is 241 Å². The first-order valence-electron chi connectivity index (χ1n) is 15.4. The summed E-state index contributed by atoms with van der Waals surface area (Å²) in [4.78, 5) is 0. The Morgan fingerprint density at radius 3 is 1.15 bits per heavy atom. The maximum Gasteiger partial charge on any atom is 0.00246 e. The zero-order valence-electron chi connectivity index (χ0n) is 27.0. The van der Waals surface area contributed by atoms with Crippen molar-refractivity contribution in [3.63, 3.8) is 0 Å². The van der Waals surface area contributed by atoms with Crippen LogP contribution in [0.4, 0.5) is 0 Å². The van der Waals surface area contributed by atoms with Crippen molar-refractivity contribution < 1.29 is 0 Å². The molecule has 39 heavy (non-hydrogen) atoms. The second-order valence-corrected chi connectivity index (χ2v) is 15.1. The number of rotatable bonds is 9. The zero-order valence-corrected chi connectivity index (χ0v) is 27.0. The van der Waals surface area contributed by atoms with Crippen molar-refractivity contribution in [2.75, 3.05) is 0 Å². The third-order valence-corrected chi connectivity index (χ3v) is 8.82. The molecular formula is C39H56. The Morgan fingerprint density at radius 2 is 0.795 bits per heavy atom.